The molecule has 0 radical (unpaired) electrons. The second-order valence-electron chi connectivity index (χ2n) is 3.91. The zero-order chi connectivity index (χ0) is 13.1. The summed E-state index contributed by atoms with van der Waals surface area (Å²) in [5.41, 5.74) is 1.19. The van der Waals surface area contributed by atoms with Crippen LogP contribution in [-0.4, -0.2) is 24.3 Å². The molecule has 1 rings (SSSR count). The third-order valence-electron chi connectivity index (χ3n) is 2.16. The molecule has 1 heterocycles. The summed E-state index contributed by atoms with van der Waals surface area (Å²) >= 11 is 5.07. The summed E-state index contributed by atoms with van der Waals surface area (Å²) in [5.74, 6) is 0. The standard InChI is InChI=1S/C7H10N2.C6H11ClO/c1-9(2)7-3-5-8-6-4-7;1-2-3-4-5-6(7)8/h3-6H,1-2H3;2-5H2,1H3. The van der Waals surface area contributed by atoms with Crippen LogP contribution in [0.1, 0.15) is 32.6 Å². The molecule has 0 unspecified atom stereocenters. The number of hydrogen-bond donors (Lipinski definition) is 0. The van der Waals surface area contributed by atoms with Crippen LogP contribution < -0.4 is 4.90 Å². The van der Waals surface area contributed by atoms with Crippen molar-refractivity contribution in [1.29, 1.82) is 0 Å². The molecule has 0 aromatic carbocycles. The summed E-state index contributed by atoms with van der Waals surface area (Å²) in [5, 5.41) is -0.210. The Morgan fingerprint density at radius 1 is 1.29 bits per heavy atom. The summed E-state index contributed by atoms with van der Waals surface area (Å²) < 4.78 is 0. The summed E-state index contributed by atoms with van der Waals surface area (Å²) in [6, 6.07) is 3.94. The highest BCUT2D eigenvalue weighted by Crippen LogP contribution is 2.05. The Bertz CT molecular complexity index is 302. The van der Waals surface area contributed by atoms with Gasteiger partial charge in [-0.15, -0.1) is 0 Å². The highest BCUT2D eigenvalue weighted by molar-refractivity contribution is 6.63. The van der Waals surface area contributed by atoms with Crippen LogP contribution in [0, 0.1) is 0 Å². The maximum atomic E-state index is 10.1. The van der Waals surface area contributed by atoms with Gasteiger partial charge < -0.3 is 4.90 Å². The van der Waals surface area contributed by atoms with E-state index in [0.29, 0.717) is 6.42 Å². The molecule has 0 atom stereocenters. The smallest absolute Gasteiger partial charge is 0.221 e. The van der Waals surface area contributed by atoms with E-state index in [1.54, 1.807) is 12.4 Å². The Balaban J connectivity index is 0.000000304. The van der Waals surface area contributed by atoms with Crippen molar-refractivity contribution >= 4 is 22.5 Å². The number of rotatable bonds is 5. The van der Waals surface area contributed by atoms with E-state index in [-0.39, 0.29) is 5.24 Å². The van der Waals surface area contributed by atoms with Crippen LogP contribution in [0.15, 0.2) is 24.5 Å². The molecule has 1 aromatic rings. The van der Waals surface area contributed by atoms with Crippen LogP contribution in [0.3, 0.4) is 0 Å². The topological polar surface area (TPSA) is 33.2 Å². The van der Waals surface area contributed by atoms with Crippen LogP contribution >= 0.6 is 11.6 Å². The van der Waals surface area contributed by atoms with E-state index in [0.717, 1.165) is 19.3 Å². The van der Waals surface area contributed by atoms with E-state index in [1.165, 1.54) is 5.69 Å². The minimum absolute atomic E-state index is 0.210. The maximum Gasteiger partial charge on any atom is 0.221 e. The van der Waals surface area contributed by atoms with Crippen molar-refractivity contribution in [3.63, 3.8) is 0 Å². The van der Waals surface area contributed by atoms with Gasteiger partial charge in [0.05, 0.1) is 0 Å². The lowest BCUT2D eigenvalue weighted by Crippen LogP contribution is -2.07. The van der Waals surface area contributed by atoms with Crippen molar-refractivity contribution in [2.45, 2.75) is 32.6 Å². The summed E-state index contributed by atoms with van der Waals surface area (Å²) in [4.78, 5) is 16.0. The van der Waals surface area contributed by atoms with Crippen molar-refractivity contribution in [1.82, 2.24) is 4.98 Å². The van der Waals surface area contributed by atoms with Crippen LogP contribution in [0.5, 0.6) is 0 Å². The largest absolute Gasteiger partial charge is 0.378 e. The molecule has 0 spiro atoms. The first-order valence-electron chi connectivity index (χ1n) is 5.83. The first-order valence-corrected chi connectivity index (χ1v) is 6.21. The average Bonchev–Trinajstić information content (AvgIpc) is 2.31. The lowest BCUT2D eigenvalue weighted by molar-refractivity contribution is -0.111. The lowest BCUT2D eigenvalue weighted by atomic mass is 10.2. The normalized spacial score (nSPS) is 9.18. The lowest BCUT2D eigenvalue weighted by Gasteiger charge is -2.10. The van der Waals surface area contributed by atoms with E-state index in [1.807, 2.05) is 31.1 Å². The second-order valence-corrected chi connectivity index (χ2v) is 4.33. The molecule has 0 bridgehead atoms. The van der Waals surface area contributed by atoms with Crippen LogP contribution in [0.25, 0.3) is 0 Å². The number of carbonyl (C=O) groups is 1. The van der Waals surface area contributed by atoms with E-state index < -0.39 is 0 Å². The molecule has 0 N–H and O–H groups in total. The fraction of sp³-hybridized carbons (Fsp3) is 0.538. The van der Waals surface area contributed by atoms with Crippen molar-refractivity contribution in [3.05, 3.63) is 24.5 Å². The van der Waals surface area contributed by atoms with Crippen LogP contribution in [0.2, 0.25) is 0 Å². The van der Waals surface area contributed by atoms with Gasteiger partial charge in [0, 0.05) is 38.6 Å². The summed E-state index contributed by atoms with van der Waals surface area (Å²) in [6.45, 7) is 2.10. The molecule has 0 aliphatic heterocycles. The summed E-state index contributed by atoms with van der Waals surface area (Å²) in [6.07, 6.45) is 7.31. The molecule has 17 heavy (non-hydrogen) atoms. The van der Waals surface area contributed by atoms with E-state index in [4.69, 9.17) is 11.6 Å². The van der Waals surface area contributed by atoms with Gasteiger partial charge in [0.25, 0.3) is 0 Å². The minimum Gasteiger partial charge on any atom is -0.378 e. The molecule has 4 heteroatoms. The predicted molar refractivity (Wildman–Crippen MR) is 73.6 cm³/mol. The van der Waals surface area contributed by atoms with Gasteiger partial charge in [-0.2, -0.15) is 0 Å². The number of nitrogens with zero attached hydrogens (tertiary/aromatic N) is 2. The number of pyridine rings is 1. The van der Waals surface area contributed by atoms with E-state index in [9.17, 15) is 4.79 Å². The predicted octanol–water partition coefficient (Wildman–Crippen LogP) is 3.48. The van der Waals surface area contributed by atoms with Gasteiger partial charge in [0.1, 0.15) is 0 Å². The molecule has 96 valence electrons. The Labute approximate surface area is 109 Å². The molecule has 0 saturated heterocycles. The molecular weight excluding hydrogens is 236 g/mol. The van der Waals surface area contributed by atoms with Crippen LogP contribution in [-0.2, 0) is 4.79 Å². The Morgan fingerprint density at radius 2 is 1.88 bits per heavy atom. The number of anilines is 1. The molecule has 0 aliphatic carbocycles. The molecule has 0 fully saturated rings. The first-order chi connectivity index (χ1) is 8.07. The molecule has 1 aromatic heterocycles. The highest BCUT2D eigenvalue weighted by Gasteiger charge is 1.92. The van der Waals surface area contributed by atoms with Gasteiger partial charge in [-0.05, 0) is 30.2 Å². The van der Waals surface area contributed by atoms with E-state index in [2.05, 4.69) is 11.9 Å². The Hall–Kier alpha value is -1.09. The molecule has 3 nitrogen and oxygen atoms in total. The van der Waals surface area contributed by atoms with Gasteiger partial charge in [-0.3, -0.25) is 9.78 Å². The SMILES string of the molecule is CCCCCC(=O)Cl.CN(C)c1ccncc1. The summed E-state index contributed by atoms with van der Waals surface area (Å²) in [7, 11) is 4.02. The van der Waals surface area contributed by atoms with Crippen molar-refractivity contribution in [2.75, 3.05) is 19.0 Å². The Kier molecular flexibility index (Phi) is 9.44. The van der Waals surface area contributed by atoms with Crippen molar-refractivity contribution < 1.29 is 4.79 Å². The zero-order valence-corrected chi connectivity index (χ0v) is 11.6. The minimum atomic E-state index is -0.210. The fourth-order valence-corrected chi connectivity index (χ4v) is 1.29. The van der Waals surface area contributed by atoms with Crippen molar-refractivity contribution in [3.8, 4) is 0 Å². The molecule has 0 saturated carbocycles. The maximum absolute atomic E-state index is 10.1. The van der Waals surface area contributed by atoms with Gasteiger partial charge in [-0.1, -0.05) is 19.8 Å². The quantitative estimate of drug-likeness (QED) is 0.597. The molecular formula is C13H21ClN2O. The zero-order valence-electron chi connectivity index (χ0n) is 10.8. The first kappa shape index (κ1) is 15.9. The van der Waals surface area contributed by atoms with Gasteiger partial charge in [0.2, 0.25) is 5.24 Å². The van der Waals surface area contributed by atoms with Gasteiger partial charge >= 0.3 is 0 Å². The van der Waals surface area contributed by atoms with Gasteiger partial charge in [-0.25, -0.2) is 0 Å². The average molecular weight is 257 g/mol. The number of halogens is 1. The van der Waals surface area contributed by atoms with Crippen molar-refractivity contribution in [2.24, 2.45) is 0 Å². The number of unbranched alkanes of at least 4 members (excludes halogenated alkanes) is 2. The van der Waals surface area contributed by atoms with Gasteiger partial charge in [0.15, 0.2) is 0 Å². The number of hydrogen-bond acceptors (Lipinski definition) is 3. The Morgan fingerprint density at radius 3 is 2.24 bits per heavy atom. The monoisotopic (exact) mass is 256 g/mol. The third-order valence-corrected chi connectivity index (χ3v) is 2.34. The molecule has 0 amide bonds. The fourth-order valence-electron chi connectivity index (χ4n) is 1.16. The second kappa shape index (κ2) is 10.1. The van der Waals surface area contributed by atoms with E-state index >= 15 is 0 Å². The molecule has 0 aliphatic rings. The highest BCUT2D eigenvalue weighted by atomic mass is 35.5. The number of carbonyl (C=O) groups excluding carboxylic acids is 1. The third kappa shape index (κ3) is 9.82. The number of aromatic nitrogens is 1. The van der Waals surface area contributed by atoms with Crippen LogP contribution in [0.4, 0.5) is 5.69 Å².